The second kappa shape index (κ2) is 13.6. The van der Waals surface area contributed by atoms with Crippen LogP contribution >= 0.6 is 0 Å². The molecule has 1 fully saturated rings. The Kier molecular flexibility index (Phi) is 11.6. The molecule has 1 aromatic rings. The van der Waals surface area contributed by atoms with E-state index in [1.54, 1.807) is 0 Å². The Morgan fingerprint density at radius 1 is 1.32 bits per heavy atom. The summed E-state index contributed by atoms with van der Waals surface area (Å²) in [5.74, 6) is -0.674. The van der Waals surface area contributed by atoms with Crippen molar-refractivity contribution in [2.75, 3.05) is 13.6 Å². The standard InChI is InChI=1S/C11H20O2.C10H14N2/c1-2-3-4-5-6-7-8-9-10-11(12)13;1-12-7-3-5-10(12)9-4-2-6-11-8-9/h2H,1,3-10H2,(H,12,13);2,4,6,8,10H,3,5,7H2,1H3/t;10-/m.0/s1. The van der Waals surface area contributed by atoms with Crippen LogP contribution in [0, 0.1) is 0 Å². The molecule has 0 unspecified atom stereocenters. The molecule has 140 valence electrons. The van der Waals surface area contributed by atoms with Crippen molar-refractivity contribution in [3.8, 4) is 0 Å². The molecule has 0 radical (unpaired) electrons. The molecule has 4 heteroatoms. The maximum absolute atomic E-state index is 10.2. The van der Waals surface area contributed by atoms with Crippen LogP contribution < -0.4 is 0 Å². The minimum Gasteiger partial charge on any atom is -0.481 e. The van der Waals surface area contributed by atoms with E-state index >= 15 is 0 Å². The highest BCUT2D eigenvalue weighted by Gasteiger charge is 2.21. The van der Waals surface area contributed by atoms with E-state index in [0.29, 0.717) is 12.5 Å². The molecule has 1 aliphatic heterocycles. The second-order valence-corrected chi connectivity index (χ2v) is 6.77. The number of rotatable bonds is 10. The van der Waals surface area contributed by atoms with Crippen LogP contribution in [0.15, 0.2) is 37.2 Å². The number of carbonyl (C=O) groups is 1. The van der Waals surface area contributed by atoms with Gasteiger partial charge in [0.2, 0.25) is 0 Å². The molecule has 1 atom stereocenters. The van der Waals surface area contributed by atoms with Gasteiger partial charge in [-0.05, 0) is 57.3 Å². The number of aromatic nitrogens is 1. The lowest BCUT2D eigenvalue weighted by molar-refractivity contribution is -0.137. The average Bonchev–Trinajstić information content (AvgIpc) is 3.04. The van der Waals surface area contributed by atoms with Crippen LogP contribution in [0.25, 0.3) is 0 Å². The first-order chi connectivity index (χ1) is 12.1. The van der Waals surface area contributed by atoms with Crippen molar-refractivity contribution in [3.63, 3.8) is 0 Å². The number of allylic oxidation sites excluding steroid dienone is 1. The normalized spacial score (nSPS) is 16.9. The van der Waals surface area contributed by atoms with E-state index in [1.807, 2.05) is 24.5 Å². The number of aliphatic carboxylic acids is 1. The fourth-order valence-corrected chi connectivity index (χ4v) is 3.18. The highest BCUT2D eigenvalue weighted by molar-refractivity contribution is 5.66. The Bertz CT molecular complexity index is 476. The van der Waals surface area contributed by atoms with Gasteiger partial charge in [0, 0.05) is 24.9 Å². The summed E-state index contributed by atoms with van der Waals surface area (Å²) in [4.78, 5) is 16.7. The fraction of sp³-hybridized carbons (Fsp3) is 0.619. The zero-order chi connectivity index (χ0) is 18.3. The van der Waals surface area contributed by atoms with Crippen LogP contribution in [0.3, 0.4) is 0 Å². The third kappa shape index (κ3) is 10.0. The highest BCUT2D eigenvalue weighted by Crippen LogP contribution is 2.29. The highest BCUT2D eigenvalue weighted by atomic mass is 16.4. The number of unbranched alkanes of at least 4 members (excludes halogenated alkanes) is 6. The molecule has 1 N–H and O–H groups in total. The van der Waals surface area contributed by atoms with E-state index in [0.717, 1.165) is 19.3 Å². The van der Waals surface area contributed by atoms with Crippen LogP contribution in [-0.4, -0.2) is 34.6 Å². The van der Waals surface area contributed by atoms with Gasteiger partial charge in [-0.15, -0.1) is 6.58 Å². The molecular formula is C21H34N2O2. The summed E-state index contributed by atoms with van der Waals surface area (Å²) >= 11 is 0. The summed E-state index contributed by atoms with van der Waals surface area (Å²) in [5.41, 5.74) is 1.36. The summed E-state index contributed by atoms with van der Waals surface area (Å²) in [6.45, 7) is 4.88. The first-order valence-corrected chi connectivity index (χ1v) is 9.58. The number of carboxylic acids is 1. The maximum Gasteiger partial charge on any atom is 0.303 e. The molecule has 0 aromatic carbocycles. The van der Waals surface area contributed by atoms with E-state index < -0.39 is 5.97 Å². The Morgan fingerprint density at radius 2 is 2.04 bits per heavy atom. The molecule has 1 aromatic heterocycles. The van der Waals surface area contributed by atoms with Gasteiger partial charge in [-0.1, -0.05) is 37.8 Å². The largest absolute Gasteiger partial charge is 0.481 e. The zero-order valence-corrected chi connectivity index (χ0v) is 15.7. The quantitative estimate of drug-likeness (QED) is 0.466. The molecule has 4 nitrogen and oxygen atoms in total. The number of likely N-dealkylation sites (tertiary alicyclic amines) is 1. The predicted molar refractivity (Wildman–Crippen MR) is 104 cm³/mol. The number of hydrogen-bond donors (Lipinski definition) is 1. The third-order valence-corrected chi connectivity index (χ3v) is 4.64. The van der Waals surface area contributed by atoms with Gasteiger partial charge in [0.1, 0.15) is 0 Å². The molecule has 2 heterocycles. The van der Waals surface area contributed by atoms with E-state index in [2.05, 4.69) is 29.6 Å². The van der Waals surface area contributed by atoms with Crippen molar-refractivity contribution >= 4 is 5.97 Å². The van der Waals surface area contributed by atoms with Gasteiger partial charge in [0.05, 0.1) is 0 Å². The van der Waals surface area contributed by atoms with Gasteiger partial charge < -0.3 is 5.11 Å². The molecule has 0 bridgehead atoms. The van der Waals surface area contributed by atoms with Crippen molar-refractivity contribution in [2.45, 2.75) is 70.3 Å². The summed E-state index contributed by atoms with van der Waals surface area (Å²) in [6.07, 6.45) is 16.5. The summed E-state index contributed by atoms with van der Waals surface area (Å²) in [5, 5.41) is 8.38. The molecule has 2 rings (SSSR count). The van der Waals surface area contributed by atoms with Crippen molar-refractivity contribution in [1.82, 2.24) is 9.88 Å². The average molecular weight is 347 g/mol. The van der Waals surface area contributed by atoms with Gasteiger partial charge in [0.15, 0.2) is 0 Å². The predicted octanol–water partition coefficient (Wildman–Crippen LogP) is 5.23. The number of pyridine rings is 1. The molecule has 0 aliphatic carbocycles. The smallest absolute Gasteiger partial charge is 0.303 e. The summed E-state index contributed by atoms with van der Waals surface area (Å²) < 4.78 is 0. The molecule has 0 amide bonds. The second-order valence-electron chi connectivity index (χ2n) is 6.77. The van der Waals surface area contributed by atoms with Crippen molar-refractivity contribution < 1.29 is 9.90 Å². The molecule has 1 aliphatic rings. The van der Waals surface area contributed by atoms with Crippen LogP contribution in [-0.2, 0) is 4.79 Å². The lowest BCUT2D eigenvalue weighted by Crippen LogP contribution is -2.17. The Hall–Kier alpha value is -1.68. The number of carboxylic acid groups (broad SMARTS) is 1. The monoisotopic (exact) mass is 346 g/mol. The van der Waals surface area contributed by atoms with Crippen LogP contribution in [0.2, 0.25) is 0 Å². The third-order valence-electron chi connectivity index (χ3n) is 4.64. The summed E-state index contributed by atoms with van der Waals surface area (Å²) in [7, 11) is 2.19. The van der Waals surface area contributed by atoms with E-state index in [9.17, 15) is 4.79 Å². The Balaban J connectivity index is 0.000000250. The topological polar surface area (TPSA) is 53.4 Å². The zero-order valence-electron chi connectivity index (χ0n) is 15.7. The lowest BCUT2D eigenvalue weighted by Gasteiger charge is -2.18. The Morgan fingerprint density at radius 3 is 2.60 bits per heavy atom. The van der Waals surface area contributed by atoms with Gasteiger partial charge in [-0.3, -0.25) is 14.7 Å². The number of hydrogen-bond acceptors (Lipinski definition) is 3. The maximum atomic E-state index is 10.2. The number of nitrogens with zero attached hydrogens (tertiary/aromatic N) is 2. The van der Waals surface area contributed by atoms with E-state index in [1.165, 1.54) is 50.6 Å². The molecule has 0 saturated carbocycles. The van der Waals surface area contributed by atoms with Crippen LogP contribution in [0.5, 0.6) is 0 Å². The molecule has 25 heavy (non-hydrogen) atoms. The minimum absolute atomic E-state index is 0.326. The van der Waals surface area contributed by atoms with Gasteiger partial charge in [-0.2, -0.15) is 0 Å². The van der Waals surface area contributed by atoms with Crippen molar-refractivity contribution in [2.24, 2.45) is 0 Å². The summed E-state index contributed by atoms with van der Waals surface area (Å²) in [6, 6.07) is 4.79. The fourth-order valence-electron chi connectivity index (χ4n) is 3.18. The molecule has 1 saturated heterocycles. The SMILES string of the molecule is C=CCCCCCCCCC(=O)O.CN1CCC[C@H]1c1cccnc1. The van der Waals surface area contributed by atoms with Crippen LogP contribution in [0.1, 0.15) is 75.8 Å². The van der Waals surface area contributed by atoms with E-state index in [-0.39, 0.29) is 0 Å². The lowest BCUT2D eigenvalue weighted by atomic mass is 10.1. The first kappa shape index (κ1) is 21.4. The van der Waals surface area contributed by atoms with E-state index in [4.69, 9.17) is 5.11 Å². The van der Waals surface area contributed by atoms with Gasteiger partial charge >= 0.3 is 5.97 Å². The minimum atomic E-state index is -0.674. The first-order valence-electron chi connectivity index (χ1n) is 9.58. The van der Waals surface area contributed by atoms with Gasteiger partial charge in [0.25, 0.3) is 0 Å². The molecular weight excluding hydrogens is 312 g/mol. The van der Waals surface area contributed by atoms with Crippen molar-refractivity contribution in [3.05, 3.63) is 42.7 Å². The molecule has 0 spiro atoms. The van der Waals surface area contributed by atoms with Crippen LogP contribution in [0.4, 0.5) is 0 Å². The Labute approximate surface area is 153 Å². The van der Waals surface area contributed by atoms with Crippen molar-refractivity contribution in [1.29, 1.82) is 0 Å². The van der Waals surface area contributed by atoms with Gasteiger partial charge in [-0.25, -0.2) is 0 Å².